The molecular weight excluding hydrogens is 184 g/mol. The highest BCUT2D eigenvalue weighted by atomic mass is 16.3. The van der Waals surface area contributed by atoms with Crippen LogP contribution in [-0.2, 0) is 6.42 Å². The monoisotopic (exact) mass is 204 g/mol. The molecule has 0 aliphatic heterocycles. The van der Waals surface area contributed by atoms with E-state index in [-0.39, 0.29) is 6.10 Å². The maximum atomic E-state index is 10.2. The molecule has 1 nitrogen and oxygen atoms in total. The normalized spacial score (nSPS) is 26.3. The zero-order valence-electron chi connectivity index (χ0n) is 9.61. The summed E-state index contributed by atoms with van der Waals surface area (Å²) in [5, 5.41) is 10.2. The van der Waals surface area contributed by atoms with Crippen molar-refractivity contribution in [1.82, 2.24) is 0 Å². The number of hydrogen-bond donors (Lipinski definition) is 1. The highest BCUT2D eigenvalue weighted by molar-refractivity contribution is 5.34. The topological polar surface area (TPSA) is 20.2 Å². The van der Waals surface area contributed by atoms with Gasteiger partial charge >= 0.3 is 0 Å². The van der Waals surface area contributed by atoms with E-state index in [0.29, 0.717) is 5.92 Å². The average molecular weight is 204 g/mol. The van der Waals surface area contributed by atoms with E-state index in [9.17, 15) is 5.11 Å². The SMILES string of the molecule is CCC(C)CC1Cc2ccccc2C1O. The lowest BCUT2D eigenvalue weighted by molar-refractivity contribution is 0.108. The number of aliphatic hydroxyl groups is 1. The molecule has 0 fully saturated rings. The van der Waals surface area contributed by atoms with Gasteiger partial charge in [0.05, 0.1) is 6.10 Å². The molecule has 1 N–H and O–H groups in total. The summed E-state index contributed by atoms with van der Waals surface area (Å²) in [7, 11) is 0. The van der Waals surface area contributed by atoms with Gasteiger partial charge in [-0.15, -0.1) is 0 Å². The summed E-state index contributed by atoms with van der Waals surface area (Å²) in [5.74, 6) is 1.16. The molecule has 1 aromatic rings. The van der Waals surface area contributed by atoms with Gasteiger partial charge in [-0.2, -0.15) is 0 Å². The van der Waals surface area contributed by atoms with E-state index in [0.717, 1.165) is 24.3 Å². The molecule has 2 rings (SSSR count). The van der Waals surface area contributed by atoms with Crippen LogP contribution < -0.4 is 0 Å². The molecule has 3 atom stereocenters. The van der Waals surface area contributed by atoms with Crippen molar-refractivity contribution in [2.45, 2.75) is 39.2 Å². The van der Waals surface area contributed by atoms with E-state index in [4.69, 9.17) is 0 Å². The van der Waals surface area contributed by atoms with E-state index >= 15 is 0 Å². The lowest BCUT2D eigenvalue weighted by atomic mass is 9.90. The van der Waals surface area contributed by atoms with Gasteiger partial charge in [-0.05, 0) is 35.8 Å². The van der Waals surface area contributed by atoms with Gasteiger partial charge in [0.15, 0.2) is 0 Å². The summed E-state index contributed by atoms with van der Waals surface area (Å²) in [4.78, 5) is 0. The molecule has 1 heteroatoms. The van der Waals surface area contributed by atoms with Crippen LogP contribution in [0.25, 0.3) is 0 Å². The second kappa shape index (κ2) is 4.36. The number of fused-ring (bicyclic) bond motifs is 1. The number of rotatable bonds is 3. The fraction of sp³-hybridized carbons (Fsp3) is 0.571. The zero-order valence-corrected chi connectivity index (χ0v) is 9.61. The van der Waals surface area contributed by atoms with Gasteiger partial charge in [0.2, 0.25) is 0 Å². The van der Waals surface area contributed by atoms with Crippen LogP contribution in [0.1, 0.15) is 43.9 Å². The van der Waals surface area contributed by atoms with Crippen LogP contribution >= 0.6 is 0 Å². The molecule has 0 aromatic heterocycles. The smallest absolute Gasteiger partial charge is 0.0824 e. The predicted octanol–water partition coefficient (Wildman–Crippen LogP) is 3.33. The molecule has 0 bridgehead atoms. The van der Waals surface area contributed by atoms with Gasteiger partial charge in [-0.1, -0.05) is 44.5 Å². The van der Waals surface area contributed by atoms with Gasteiger partial charge in [0.1, 0.15) is 0 Å². The first-order valence-electron chi connectivity index (χ1n) is 5.98. The van der Waals surface area contributed by atoms with E-state index < -0.39 is 0 Å². The number of hydrogen-bond acceptors (Lipinski definition) is 1. The van der Waals surface area contributed by atoms with Crippen molar-refractivity contribution in [3.8, 4) is 0 Å². The van der Waals surface area contributed by atoms with E-state index in [1.54, 1.807) is 0 Å². The Morgan fingerprint density at radius 2 is 2.13 bits per heavy atom. The number of benzene rings is 1. The Bertz CT molecular complexity index is 332. The maximum Gasteiger partial charge on any atom is 0.0824 e. The Labute approximate surface area is 92.1 Å². The van der Waals surface area contributed by atoms with E-state index in [1.165, 1.54) is 12.0 Å². The minimum absolute atomic E-state index is 0.227. The lowest BCUT2D eigenvalue weighted by Crippen LogP contribution is -2.11. The van der Waals surface area contributed by atoms with Crippen LogP contribution in [0.15, 0.2) is 24.3 Å². The summed E-state index contributed by atoms with van der Waals surface area (Å²) in [6, 6.07) is 8.30. The van der Waals surface area contributed by atoms with Gasteiger partial charge < -0.3 is 5.11 Å². The molecule has 1 aliphatic carbocycles. The summed E-state index contributed by atoms with van der Waals surface area (Å²) >= 11 is 0. The molecule has 0 radical (unpaired) electrons. The van der Waals surface area contributed by atoms with Crippen LogP contribution in [-0.4, -0.2) is 5.11 Å². The third-order valence-corrected chi connectivity index (χ3v) is 3.70. The summed E-state index contributed by atoms with van der Waals surface area (Å²) < 4.78 is 0. The molecule has 15 heavy (non-hydrogen) atoms. The highest BCUT2D eigenvalue weighted by Crippen LogP contribution is 2.39. The van der Waals surface area contributed by atoms with Crippen LogP contribution in [0, 0.1) is 11.8 Å². The zero-order chi connectivity index (χ0) is 10.8. The fourth-order valence-corrected chi connectivity index (χ4v) is 2.55. The highest BCUT2D eigenvalue weighted by Gasteiger charge is 2.30. The van der Waals surface area contributed by atoms with Crippen LogP contribution in [0.3, 0.4) is 0 Å². The summed E-state index contributed by atoms with van der Waals surface area (Å²) in [5.41, 5.74) is 2.50. The van der Waals surface area contributed by atoms with Crippen LogP contribution in [0.2, 0.25) is 0 Å². The molecule has 0 heterocycles. The van der Waals surface area contributed by atoms with Gasteiger partial charge in [0, 0.05) is 0 Å². The molecule has 0 amide bonds. The molecular formula is C14H20O. The van der Waals surface area contributed by atoms with Gasteiger partial charge in [-0.25, -0.2) is 0 Å². The molecule has 3 unspecified atom stereocenters. The largest absolute Gasteiger partial charge is 0.388 e. The quantitative estimate of drug-likeness (QED) is 0.800. The third-order valence-electron chi connectivity index (χ3n) is 3.70. The molecule has 82 valence electrons. The van der Waals surface area contributed by atoms with Crippen molar-refractivity contribution in [2.24, 2.45) is 11.8 Å². The molecule has 0 saturated carbocycles. The molecule has 0 spiro atoms. The second-order valence-corrected chi connectivity index (χ2v) is 4.86. The first-order chi connectivity index (χ1) is 7.22. The van der Waals surface area contributed by atoms with Crippen molar-refractivity contribution in [3.63, 3.8) is 0 Å². The van der Waals surface area contributed by atoms with Gasteiger partial charge in [-0.3, -0.25) is 0 Å². The second-order valence-electron chi connectivity index (χ2n) is 4.86. The van der Waals surface area contributed by atoms with Crippen LogP contribution in [0.4, 0.5) is 0 Å². The van der Waals surface area contributed by atoms with Crippen molar-refractivity contribution in [3.05, 3.63) is 35.4 Å². The molecule has 0 saturated heterocycles. The Kier molecular flexibility index (Phi) is 3.11. The molecule has 1 aromatic carbocycles. The predicted molar refractivity (Wildman–Crippen MR) is 62.7 cm³/mol. The number of aliphatic hydroxyl groups excluding tert-OH is 1. The minimum atomic E-state index is -0.227. The van der Waals surface area contributed by atoms with E-state index in [2.05, 4.69) is 32.0 Å². The lowest BCUT2D eigenvalue weighted by Gasteiger charge is -2.18. The van der Waals surface area contributed by atoms with E-state index in [1.807, 2.05) is 6.07 Å². The Morgan fingerprint density at radius 1 is 1.40 bits per heavy atom. The Balaban J connectivity index is 2.10. The first-order valence-corrected chi connectivity index (χ1v) is 5.98. The standard InChI is InChI=1S/C14H20O/c1-3-10(2)8-12-9-11-6-4-5-7-13(11)14(12)15/h4-7,10,12,14-15H,3,8-9H2,1-2H3. The van der Waals surface area contributed by atoms with Gasteiger partial charge in [0.25, 0.3) is 0 Å². The first kappa shape index (κ1) is 10.7. The fourth-order valence-electron chi connectivity index (χ4n) is 2.55. The van der Waals surface area contributed by atoms with Crippen molar-refractivity contribution >= 4 is 0 Å². The van der Waals surface area contributed by atoms with Crippen molar-refractivity contribution in [2.75, 3.05) is 0 Å². The summed E-state index contributed by atoms with van der Waals surface area (Å²) in [6.45, 7) is 4.49. The van der Waals surface area contributed by atoms with Crippen molar-refractivity contribution < 1.29 is 5.11 Å². The Hall–Kier alpha value is -0.820. The summed E-state index contributed by atoms with van der Waals surface area (Å²) in [6.07, 6.45) is 3.18. The Morgan fingerprint density at radius 3 is 2.80 bits per heavy atom. The third kappa shape index (κ3) is 2.07. The molecule has 1 aliphatic rings. The maximum absolute atomic E-state index is 10.2. The average Bonchev–Trinajstić information content (AvgIpc) is 2.57. The van der Waals surface area contributed by atoms with Crippen LogP contribution in [0.5, 0.6) is 0 Å². The van der Waals surface area contributed by atoms with Crippen molar-refractivity contribution in [1.29, 1.82) is 0 Å². The minimum Gasteiger partial charge on any atom is -0.388 e.